The van der Waals surface area contributed by atoms with E-state index in [1.807, 2.05) is 106 Å². The number of carboxylic acid groups (broad SMARTS) is 2. The number of ether oxygens (including phenoxy) is 2. The lowest BCUT2D eigenvalue weighted by Crippen LogP contribution is -2.20. The van der Waals surface area contributed by atoms with Crippen molar-refractivity contribution in [2.45, 2.75) is 25.7 Å². The number of benzene rings is 6. The minimum Gasteiger partial charge on any atom is -0.478 e. The number of esters is 2. The maximum absolute atomic E-state index is 12.4. The van der Waals surface area contributed by atoms with Crippen molar-refractivity contribution >= 4 is 69.5 Å². The molecule has 390 valence electrons. The standard InChI is InChI=1S/C32H34N4O4.C24H16N2O4.C4H11NO/c1-35(2)13-15-39-31(37)23-9-11-27-25(17-23)19-29(33-27)21-5-7-22(8-6-21)30-20-26-18-24(10-12-28(26)34-30)32(38)40-16-14-36(3)4;27-23(28)15-5-7-19-17(9-15)11-21(25-19)13-1-2-14(4-3-13)22-12-18-10-16(24(29)30)6-8-20(18)26-22;1-5(2)3-4-6/h5-12,17-18H,13-16,19-20H2,1-4H3;1-10H,11-12H2,(H,27,28)(H,29,30);6H,3-4H2,1-2H3. The zero-order valence-electron chi connectivity index (χ0n) is 43.5. The summed E-state index contributed by atoms with van der Waals surface area (Å²) in [6.07, 6.45) is 2.51. The zero-order chi connectivity index (χ0) is 54.0. The summed E-state index contributed by atoms with van der Waals surface area (Å²) in [6, 6.07) is 37.3. The molecule has 3 N–H and O–H groups in total. The highest BCUT2D eigenvalue weighted by Crippen LogP contribution is 2.34. The van der Waals surface area contributed by atoms with Crippen LogP contribution in [0.15, 0.2) is 141 Å². The van der Waals surface area contributed by atoms with Crippen LogP contribution >= 0.6 is 0 Å². The van der Waals surface area contributed by atoms with Crippen molar-refractivity contribution in [3.8, 4) is 0 Å². The highest BCUT2D eigenvalue weighted by atomic mass is 16.5. The molecule has 4 heterocycles. The molecule has 0 atom stereocenters. The third kappa shape index (κ3) is 13.5. The first-order valence-electron chi connectivity index (χ1n) is 24.9. The average Bonchev–Trinajstić information content (AvgIpc) is 4.24. The van der Waals surface area contributed by atoms with Crippen molar-refractivity contribution < 1.29 is 44.0 Å². The number of carboxylic acids is 2. The van der Waals surface area contributed by atoms with Crippen molar-refractivity contribution in [2.75, 3.05) is 81.7 Å². The largest absolute Gasteiger partial charge is 0.478 e. The molecule has 0 saturated carbocycles. The van der Waals surface area contributed by atoms with Crippen LogP contribution in [0.4, 0.5) is 22.7 Å². The van der Waals surface area contributed by atoms with Crippen molar-refractivity contribution in [1.82, 2.24) is 14.7 Å². The molecule has 76 heavy (non-hydrogen) atoms. The predicted molar refractivity (Wildman–Crippen MR) is 295 cm³/mol. The normalized spacial score (nSPS) is 13.5. The lowest BCUT2D eigenvalue weighted by atomic mass is 9.99. The van der Waals surface area contributed by atoms with Crippen molar-refractivity contribution in [2.24, 2.45) is 20.0 Å². The van der Waals surface area contributed by atoms with Gasteiger partial charge in [0.15, 0.2) is 0 Å². The van der Waals surface area contributed by atoms with E-state index in [4.69, 9.17) is 34.8 Å². The van der Waals surface area contributed by atoms with Crippen LogP contribution in [0.5, 0.6) is 0 Å². The van der Waals surface area contributed by atoms with Gasteiger partial charge in [0.2, 0.25) is 0 Å². The molecule has 0 bridgehead atoms. The van der Waals surface area contributed by atoms with Crippen LogP contribution in [0, 0.1) is 0 Å². The molecule has 16 nitrogen and oxygen atoms in total. The van der Waals surface area contributed by atoms with Gasteiger partial charge in [0.1, 0.15) is 13.2 Å². The molecule has 10 rings (SSSR count). The number of rotatable bonds is 16. The van der Waals surface area contributed by atoms with Gasteiger partial charge in [-0.25, -0.2) is 19.2 Å². The number of aromatic carboxylic acids is 2. The number of aliphatic hydroxyl groups is 1. The Hall–Kier alpha value is -8.28. The maximum Gasteiger partial charge on any atom is 0.338 e. The van der Waals surface area contributed by atoms with E-state index in [1.165, 1.54) is 0 Å². The first-order chi connectivity index (χ1) is 36.5. The SMILES string of the molecule is CN(C)CCO.CN(C)CCOC(=O)c1ccc2c(c1)CC(c1ccc(C3=Nc4ccc(C(=O)OCCN(C)C)cc4C3)cc1)=N2.O=C(O)c1ccc2c(c1)CC(c1ccc(C3=Nc4ccc(C(=O)O)cc4C3)cc1)=N2. The summed E-state index contributed by atoms with van der Waals surface area (Å²) < 4.78 is 10.8. The number of hydrogen-bond acceptors (Lipinski definition) is 14. The molecule has 6 aromatic carbocycles. The second-order valence-electron chi connectivity index (χ2n) is 19.5. The number of likely N-dealkylation sites (N-methyl/N-ethyl adjacent to an activating group) is 3. The zero-order valence-corrected chi connectivity index (χ0v) is 43.5. The van der Waals surface area contributed by atoms with Gasteiger partial charge in [-0.05, 0) is 160 Å². The summed E-state index contributed by atoms with van der Waals surface area (Å²) in [5, 5.41) is 26.5. The fourth-order valence-electron chi connectivity index (χ4n) is 8.71. The van der Waals surface area contributed by atoms with E-state index in [-0.39, 0.29) is 29.7 Å². The van der Waals surface area contributed by atoms with Crippen molar-refractivity contribution in [1.29, 1.82) is 0 Å². The van der Waals surface area contributed by atoms with Gasteiger partial charge >= 0.3 is 23.9 Å². The molecule has 0 saturated heterocycles. The molecular formula is C60H61N7O9. The van der Waals surface area contributed by atoms with Gasteiger partial charge < -0.3 is 39.5 Å². The van der Waals surface area contributed by atoms with Gasteiger partial charge in [0.05, 0.1) is 74.5 Å². The Bertz CT molecular complexity index is 3090. The Balaban J connectivity index is 0.000000187. The molecule has 16 heteroatoms. The van der Waals surface area contributed by atoms with E-state index >= 15 is 0 Å². The van der Waals surface area contributed by atoms with E-state index in [0.29, 0.717) is 63.1 Å². The highest BCUT2D eigenvalue weighted by Gasteiger charge is 2.24. The highest BCUT2D eigenvalue weighted by molar-refractivity contribution is 6.11. The van der Waals surface area contributed by atoms with Crippen molar-refractivity contribution in [3.05, 3.63) is 188 Å². The number of aliphatic imine (C=N–C) groups is 4. The minimum atomic E-state index is -0.940. The van der Waals surface area contributed by atoms with Crippen LogP contribution in [-0.2, 0) is 35.2 Å². The molecular weight excluding hydrogens is 963 g/mol. The molecule has 0 amide bonds. The lowest BCUT2D eigenvalue weighted by molar-refractivity contribution is 0.0472. The number of carbonyl (C=O) groups excluding carboxylic acids is 2. The van der Waals surface area contributed by atoms with Crippen LogP contribution in [0.25, 0.3) is 0 Å². The first kappa shape index (κ1) is 54.0. The summed E-state index contributed by atoms with van der Waals surface area (Å²) in [7, 11) is 11.6. The second kappa shape index (κ2) is 24.4. The van der Waals surface area contributed by atoms with Crippen LogP contribution in [0.3, 0.4) is 0 Å². The van der Waals surface area contributed by atoms with Gasteiger partial charge in [-0.2, -0.15) is 0 Å². The Kier molecular flexibility index (Phi) is 17.3. The molecule has 0 fully saturated rings. The summed E-state index contributed by atoms with van der Waals surface area (Å²) in [5.74, 6) is -2.50. The number of nitrogens with zero attached hydrogens (tertiary/aromatic N) is 7. The molecule has 0 aliphatic carbocycles. The minimum absolute atomic E-state index is 0.257. The third-order valence-corrected chi connectivity index (χ3v) is 12.9. The maximum atomic E-state index is 12.4. The van der Waals surface area contributed by atoms with Crippen LogP contribution in [0.1, 0.15) is 85.9 Å². The van der Waals surface area contributed by atoms with Crippen LogP contribution in [0.2, 0.25) is 0 Å². The summed E-state index contributed by atoms with van der Waals surface area (Å²) >= 11 is 0. The smallest absolute Gasteiger partial charge is 0.338 e. The Morgan fingerprint density at radius 2 is 0.671 bits per heavy atom. The summed E-state index contributed by atoms with van der Waals surface area (Å²) in [6.45, 7) is 3.11. The lowest BCUT2D eigenvalue weighted by Gasteiger charge is -2.10. The van der Waals surface area contributed by atoms with Gasteiger partial charge in [0.25, 0.3) is 0 Å². The molecule has 6 aromatic rings. The summed E-state index contributed by atoms with van der Waals surface area (Å²) in [4.78, 5) is 72.0. The third-order valence-electron chi connectivity index (χ3n) is 12.9. The number of aliphatic hydroxyl groups excluding tert-OH is 1. The van der Waals surface area contributed by atoms with Crippen LogP contribution in [-0.4, -0.2) is 158 Å². The molecule has 0 spiro atoms. The number of hydrogen-bond donors (Lipinski definition) is 3. The molecule has 0 aromatic heterocycles. The van der Waals surface area contributed by atoms with E-state index < -0.39 is 11.9 Å². The Morgan fingerprint density at radius 3 is 0.908 bits per heavy atom. The second-order valence-corrected chi connectivity index (χ2v) is 19.5. The van der Waals surface area contributed by atoms with Gasteiger partial charge in [-0.1, -0.05) is 48.5 Å². The Morgan fingerprint density at radius 1 is 0.408 bits per heavy atom. The van der Waals surface area contributed by atoms with Crippen LogP contribution < -0.4 is 0 Å². The van der Waals surface area contributed by atoms with Gasteiger partial charge in [-0.3, -0.25) is 20.0 Å². The van der Waals surface area contributed by atoms with Gasteiger partial charge in [-0.15, -0.1) is 0 Å². The van der Waals surface area contributed by atoms with E-state index in [1.54, 1.807) is 48.5 Å². The molecule has 0 unspecified atom stereocenters. The van der Waals surface area contributed by atoms with E-state index in [0.717, 1.165) is 96.6 Å². The fraction of sp³-hybridized carbons (Fsp3) is 0.267. The number of fused-ring (bicyclic) bond motifs is 4. The topological polar surface area (TPSA) is 207 Å². The quantitative estimate of drug-likeness (QED) is 0.0781. The van der Waals surface area contributed by atoms with E-state index in [9.17, 15) is 19.2 Å². The Labute approximate surface area is 442 Å². The average molecular weight is 1020 g/mol. The molecule has 4 aliphatic rings. The first-order valence-corrected chi connectivity index (χ1v) is 24.9. The monoisotopic (exact) mass is 1020 g/mol. The predicted octanol–water partition coefficient (Wildman–Crippen LogP) is 8.45. The molecule has 4 aliphatic heterocycles. The van der Waals surface area contributed by atoms with Gasteiger partial charge in [0, 0.05) is 45.3 Å². The summed E-state index contributed by atoms with van der Waals surface area (Å²) in [5.41, 5.74) is 16.7. The molecule has 0 radical (unpaired) electrons. The van der Waals surface area contributed by atoms with Crippen molar-refractivity contribution in [3.63, 3.8) is 0 Å². The fourth-order valence-corrected chi connectivity index (χ4v) is 8.71. The van der Waals surface area contributed by atoms with E-state index in [2.05, 4.69) is 34.3 Å². The number of carbonyl (C=O) groups is 4.